The highest BCUT2D eigenvalue weighted by molar-refractivity contribution is 5.71. The standard InChI is InChI=1S/C13H17NO5/c1-3-4-8-18-12(15)9-19-11-7-5-6-10(2)13(11)14(16)17/h5-7H,3-4,8-9H2,1-2H3. The monoisotopic (exact) mass is 267 g/mol. The van der Waals surface area contributed by atoms with Crippen molar-refractivity contribution in [2.24, 2.45) is 0 Å². The predicted molar refractivity (Wildman–Crippen MR) is 69.2 cm³/mol. The molecule has 6 heteroatoms. The van der Waals surface area contributed by atoms with Gasteiger partial charge in [-0.1, -0.05) is 25.5 Å². The maximum absolute atomic E-state index is 11.3. The number of ether oxygens (including phenoxy) is 2. The Balaban J connectivity index is 2.60. The van der Waals surface area contributed by atoms with Gasteiger partial charge in [0.2, 0.25) is 0 Å². The van der Waals surface area contributed by atoms with Crippen LogP contribution in [0.5, 0.6) is 5.75 Å². The van der Waals surface area contributed by atoms with E-state index in [1.165, 1.54) is 6.07 Å². The van der Waals surface area contributed by atoms with E-state index >= 15 is 0 Å². The van der Waals surface area contributed by atoms with Crippen molar-refractivity contribution < 1.29 is 19.2 Å². The van der Waals surface area contributed by atoms with Crippen LogP contribution in [0.2, 0.25) is 0 Å². The summed E-state index contributed by atoms with van der Waals surface area (Å²) >= 11 is 0. The van der Waals surface area contributed by atoms with E-state index in [0.29, 0.717) is 12.2 Å². The maximum Gasteiger partial charge on any atom is 0.344 e. The van der Waals surface area contributed by atoms with Gasteiger partial charge in [-0.3, -0.25) is 10.1 Å². The van der Waals surface area contributed by atoms with Crippen LogP contribution < -0.4 is 4.74 Å². The SMILES string of the molecule is CCCCOC(=O)COc1cccc(C)c1[N+](=O)[O-]. The molecule has 6 nitrogen and oxygen atoms in total. The number of nitro groups is 1. The van der Waals surface area contributed by atoms with E-state index in [-0.39, 0.29) is 18.0 Å². The van der Waals surface area contributed by atoms with Gasteiger partial charge in [0, 0.05) is 5.56 Å². The van der Waals surface area contributed by atoms with Crippen LogP contribution in [0.4, 0.5) is 5.69 Å². The largest absolute Gasteiger partial charge is 0.475 e. The second-order valence-corrected chi connectivity index (χ2v) is 4.04. The van der Waals surface area contributed by atoms with Crippen LogP contribution in [0.15, 0.2) is 18.2 Å². The average Bonchev–Trinajstić information content (AvgIpc) is 2.36. The summed E-state index contributed by atoms with van der Waals surface area (Å²) in [5, 5.41) is 10.9. The maximum atomic E-state index is 11.3. The Labute approximate surface area is 111 Å². The number of rotatable bonds is 7. The first-order valence-electron chi connectivity index (χ1n) is 6.08. The Kier molecular flexibility index (Phi) is 5.78. The van der Waals surface area contributed by atoms with E-state index in [4.69, 9.17) is 9.47 Å². The van der Waals surface area contributed by atoms with Gasteiger partial charge in [-0.25, -0.2) is 4.79 Å². The molecule has 0 aliphatic heterocycles. The molecule has 0 aromatic heterocycles. The third-order valence-electron chi connectivity index (χ3n) is 2.49. The van der Waals surface area contributed by atoms with Gasteiger partial charge in [0.15, 0.2) is 12.4 Å². The van der Waals surface area contributed by atoms with Gasteiger partial charge < -0.3 is 9.47 Å². The van der Waals surface area contributed by atoms with Crippen molar-refractivity contribution in [1.29, 1.82) is 0 Å². The number of unbranched alkanes of at least 4 members (excludes halogenated alkanes) is 1. The topological polar surface area (TPSA) is 78.7 Å². The van der Waals surface area contributed by atoms with Gasteiger partial charge in [-0.15, -0.1) is 0 Å². The lowest BCUT2D eigenvalue weighted by Crippen LogP contribution is -2.16. The van der Waals surface area contributed by atoms with Crippen LogP contribution >= 0.6 is 0 Å². The third kappa shape index (κ3) is 4.57. The lowest BCUT2D eigenvalue weighted by atomic mass is 10.2. The van der Waals surface area contributed by atoms with Crippen molar-refractivity contribution in [3.8, 4) is 5.75 Å². The highest BCUT2D eigenvalue weighted by Crippen LogP contribution is 2.29. The van der Waals surface area contributed by atoms with Crippen LogP contribution in [0.1, 0.15) is 25.3 Å². The second-order valence-electron chi connectivity index (χ2n) is 4.04. The Hall–Kier alpha value is -2.11. The minimum Gasteiger partial charge on any atom is -0.475 e. The summed E-state index contributed by atoms with van der Waals surface area (Å²) in [7, 11) is 0. The number of hydrogen-bond donors (Lipinski definition) is 0. The molecule has 0 heterocycles. The van der Waals surface area contributed by atoms with E-state index in [9.17, 15) is 14.9 Å². The van der Waals surface area contributed by atoms with Crippen LogP contribution in [-0.4, -0.2) is 24.1 Å². The predicted octanol–water partition coefficient (Wildman–Crippen LogP) is 2.63. The van der Waals surface area contributed by atoms with Crippen LogP contribution in [0.25, 0.3) is 0 Å². The number of benzene rings is 1. The van der Waals surface area contributed by atoms with Gasteiger partial charge in [-0.05, 0) is 19.4 Å². The number of nitrogens with zero attached hydrogens (tertiary/aromatic N) is 1. The van der Waals surface area contributed by atoms with Crippen molar-refractivity contribution in [3.63, 3.8) is 0 Å². The van der Waals surface area contributed by atoms with Crippen LogP contribution in [0, 0.1) is 17.0 Å². The molecule has 0 spiro atoms. The Morgan fingerprint density at radius 2 is 2.16 bits per heavy atom. The molecule has 0 unspecified atom stereocenters. The third-order valence-corrected chi connectivity index (χ3v) is 2.49. The molecule has 0 aliphatic carbocycles. The molecule has 0 amide bonds. The molecule has 19 heavy (non-hydrogen) atoms. The lowest BCUT2D eigenvalue weighted by Gasteiger charge is -2.08. The molecule has 0 saturated heterocycles. The quantitative estimate of drug-likeness (QED) is 0.328. The Morgan fingerprint density at radius 3 is 2.79 bits per heavy atom. The first kappa shape index (κ1) is 14.9. The summed E-state index contributed by atoms with van der Waals surface area (Å²) in [5.41, 5.74) is 0.366. The van der Waals surface area contributed by atoms with E-state index in [2.05, 4.69) is 0 Å². The van der Waals surface area contributed by atoms with Crippen molar-refractivity contribution in [2.45, 2.75) is 26.7 Å². The molecule has 0 saturated carbocycles. The molecule has 0 radical (unpaired) electrons. The molecular weight excluding hydrogens is 250 g/mol. The summed E-state index contributed by atoms with van der Waals surface area (Å²) in [6.45, 7) is 3.62. The fraction of sp³-hybridized carbons (Fsp3) is 0.462. The number of carbonyl (C=O) groups excluding carboxylic acids is 1. The molecule has 0 aliphatic rings. The van der Waals surface area contributed by atoms with E-state index in [1.807, 2.05) is 6.92 Å². The molecule has 104 valence electrons. The molecule has 1 aromatic carbocycles. The average molecular weight is 267 g/mol. The Bertz CT molecular complexity index is 458. The van der Waals surface area contributed by atoms with E-state index < -0.39 is 10.9 Å². The highest BCUT2D eigenvalue weighted by atomic mass is 16.6. The molecule has 0 fully saturated rings. The smallest absolute Gasteiger partial charge is 0.344 e. The van der Waals surface area contributed by atoms with Gasteiger partial charge in [0.1, 0.15) is 0 Å². The van der Waals surface area contributed by atoms with Gasteiger partial charge in [0.25, 0.3) is 0 Å². The summed E-state index contributed by atoms with van der Waals surface area (Å²) in [6.07, 6.45) is 1.72. The molecule has 0 N–H and O–H groups in total. The number of aryl methyl sites for hydroxylation is 1. The lowest BCUT2D eigenvalue weighted by molar-refractivity contribution is -0.386. The fourth-order valence-electron chi connectivity index (χ4n) is 1.49. The zero-order chi connectivity index (χ0) is 14.3. The molecule has 1 rings (SSSR count). The van der Waals surface area contributed by atoms with Crippen LogP contribution in [-0.2, 0) is 9.53 Å². The number of hydrogen-bond acceptors (Lipinski definition) is 5. The van der Waals surface area contributed by atoms with Crippen molar-refractivity contribution >= 4 is 11.7 Å². The number of nitro benzene ring substituents is 1. The number of para-hydroxylation sites is 1. The summed E-state index contributed by atoms with van der Waals surface area (Å²) in [5.74, 6) is -0.443. The normalized spacial score (nSPS) is 10.0. The van der Waals surface area contributed by atoms with E-state index in [1.54, 1.807) is 19.1 Å². The van der Waals surface area contributed by atoms with Crippen molar-refractivity contribution in [1.82, 2.24) is 0 Å². The summed E-state index contributed by atoms with van der Waals surface area (Å²) < 4.78 is 10.1. The minimum atomic E-state index is -0.524. The minimum absolute atomic E-state index is 0.0810. The van der Waals surface area contributed by atoms with Crippen molar-refractivity contribution in [3.05, 3.63) is 33.9 Å². The Morgan fingerprint density at radius 1 is 1.42 bits per heavy atom. The molecule has 0 bridgehead atoms. The molecular formula is C13H17NO5. The van der Waals surface area contributed by atoms with E-state index in [0.717, 1.165) is 12.8 Å². The zero-order valence-corrected chi connectivity index (χ0v) is 11.0. The summed E-state index contributed by atoms with van der Waals surface area (Å²) in [4.78, 5) is 21.7. The van der Waals surface area contributed by atoms with Crippen LogP contribution in [0.3, 0.4) is 0 Å². The van der Waals surface area contributed by atoms with Gasteiger partial charge in [0.05, 0.1) is 11.5 Å². The molecule has 1 aromatic rings. The molecule has 0 atom stereocenters. The summed E-state index contributed by atoms with van der Waals surface area (Å²) in [6, 6.07) is 4.72. The second kappa shape index (κ2) is 7.35. The number of carbonyl (C=O) groups is 1. The highest BCUT2D eigenvalue weighted by Gasteiger charge is 2.19. The van der Waals surface area contributed by atoms with Crippen molar-refractivity contribution in [2.75, 3.05) is 13.2 Å². The zero-order valence-electron chi connectivity index (χ0n) is 11.0. The van der Waals surface area contributed by atoms with Gasteiger partial charge >= 0.3 is 11.7 Å². The first-order valence-corrected chi connectivity index (χ1v) is 6.08. The first-order chi connectivity index (χ1) is 9.06. The number of esters is 1. The fourth-order valence-corrected chi connectivity index (χ4v) is 1.49. The van der Waals surface area contributed by atoms with Gasteiger partial charge in [-0.2, -0.15) is 0 Å².